The van der Waals surface area contributed by atoms with Gasteiger partial charge in [-0.15, -0.1) is 0 Å². The molecule has 5 heteroatoms. The van der Waals surface area contributed by atoms with Gasteiger partial charge >= 0.3 is 0 Å². The summed E-state index contributed by atoms with van der Waals surface area (Å²) in [6.45, 7) is 4.02. The van der Waals surface area contributed by atoms with Crippen LogP contribution < -0.4 is 5.32 Å². The third-order valence-corrected chi connectivity index (χ3v) is 2.90. The van der Waals surface area contributed by atoms with Crippen LogP contribution in [0.25, 0.3) is 0 Å². The number of hydrogen-bond donors (Lipinski definition) is 3. The van der Waals surface area contributed by atoms with Gasteiger partial charge in [0.1, 0.15) is 0 Å². The normalized spacial score (nSPS) is 14.8. The first-order valence-electron chi connectivity index (χ1n) is 5.93. The predicted molar refractivity (Wildman–Crippen MR) is 65.0 cm³/mol. The van der Waals surface area contributed by atoms with Crippen LogP contribution in [0.15, 0.2) is 18.2 Å². The van der Waals surface area contributed by atoms with Crippen molar-refractivity contribution in [3.8, 4) is 0 Å². The summed E-state index contributed by atoms with van der Waals surface area (Å²) in [7, 11) is 0. The van der Waals surface area contributed by atoms with Crippen molar-refractivity contribution < 1.29 is 19.0 Å². The van der Waals surface area contributed by atoms with Gasteiger partial charge in [0.15, 0.2) is 11.6 Å². The zero-order chi connectivity index (χ0) is 13.7. The second kappa shape index (κ2) is 6.78. The van der Waals surface area contributed by atoms with Crippen LogP contribution >= 0.6 is 0 Å². The quantitative estimate of drug-likeness (QED) is 0.727. The van der Waals surface area contributed by atoms with Crippen LogP contribution in [0.2, 0.25) is 0 Å². The fourth-order valence-electron chi connectivity index (χ4n) is 1.61. The molecular formula is C13H19F2NO2. The zero-order valence-corrected chi connectivity index (χ0v) is 10.5. The Morgan fingerprint density at radius 2 is 1.89 bits per heavy atom. The van der Waals surface area contributed by atoms with Gasteiger partial charge in [0.25, 0.3) is 0 Å². The topological polar surface area (TPSA) is 52.5 Å². The molecule has 0 aromatic heterocycles. The lowest BCUT2D eigenvalue weighted by atomic mass is 10.0. The number of halogens is 2. The number of hydrogen-bond acceptors (Lipinski definition) is 3. The van der Waals surface area contributed by atoms with Crippen LogP contribution in [0, 0.1) is 17.6 Å². The molecule has 1 rings (SSSR count). The van der Waals surface area contributed by atoms with Crippen LogP contribution in [0.5, 0.6) is 0 Å². The van der Waals surface area contributed by atoms with E-state index in [-0.39, 0.29) is 25.1 Å². The van der Waals surface area contributed by atoms with Crippen molar-refractivity contribution in [2.24, 2.45) is 5.92 Å². The van der Waals surface area contributed by atoms with Crippen LogP contribution in [0.3, 0.4) is 0 Å². The highest BCUT2D eigenvalue weighted by Gasteiger charge is 2.15. The second-order valence-electron chi connectivity index (χ2n) is 4.63. The predicted octanol–water partition coefficient (Wildman–Crippen LogP) is 1.60. The van der Waals surface area contributed by atoms with Crippen molar-refractivity contribution in [1.82, 2.24) is 5.32 Å². The van der Waals surface area contributed by atoms with Crippen molar-refractivity contribution in [3.05, 3.63) is 35.4 Å². The van der Waals surface area contributed by atoms with Gasteiger partial charge in [-0.3, -0.25) is 0 Å². The summed E-state index contributed by atoms with van der Waals surface area (Å²) in [5.41, 5.74) is 0.307. The number of benzene rings is 1. The Bertz CT molecular complexity index is 385. The van der Waals surface area contributed by atoms with Crippen LogP contribution in [0.4, 0.5) is 8.78 Å². The molecule has 0 fully saturated rings. The number of aliphatic hydroxyl groups is 2. The van der Waals surface area contributed by atoms with Gasteiger partial charge in [0, 0.05) is 12.6 Å². The molecule has 0 spiro atoms. The molecule has 3 nitrogen and oxygen atoms in total. The minimum atomic E-state index is -0.978. The summed E-state index contributed by atoms with van der Waals surface area (Å²) < 4.78 is 25.7. The average molecular weight is 259 g/mol. The van der Waals surface area contributed by atoms with Gasteiger partial charge < -0.3 is 15.5 Å². The fraction of sp³-hybridized carbons (Fsp3) is 0.538. The minimum Gasteiger partial charge on any atom is -0.395 e. The molecule has 3 N–H and O–H groups in total. The van der Waals surface area contributed by atoms with Crippen molar-refractivity contribution in [3.63, 3.8) is 0 Å². The molecule has 0 bridgehead atoms. The summed E-state index contributed by atoms with van der Waals surface area (Å²) in [5.74, 6) is -1.70. The lowest BCUT2D eigenvalue weighted by Crippen LogP contribution is -2.39. The smallest absolute Gasteiger partial charge is 0.159 e. The molecule has 0 aliphatic heterocycles. The molecule has 0 amide bonds. The van der Waals surface area contributed by atoms with Gasteiger partial charge in [-0.2, -0.15) is 0 Å². The van der Waals surface area contributed by atoms with E-state index in [0.29, 0.717) is 5.56 Å². The first-order chi connectivity index (χ1) is 8.45. The summed E-state index contributed by atoms with van der Waals surface area (Å²) in [4.78, 5) is 0. The maximum absolute atomic E-state index is 13.0. The lowest BCUT2D eigenvalue weighted by molar-refractivity contribution is 0.148. The molecule has 0 saturated heterocycles. The Morgan fingerprint density at radius 3 is 2.39 bits per heavy atom. The first-order valence-corrected chi connectivity index (χ1v) is 5.93. The molecule has 0 radical (unpaired) electrons. The third-order valence-electron chi connectivity index (χ3n) is 2.90. The molecule has 1 aromatic carbocycles. The highest BCUT2D eigenvalue weighted by molar-refractivity contribution is 5.20. The van der Waals surface area contributed by atoms with E-state index in [0.717, 1.165) is 12.1 Å². The van der Waals surface area contributed by atoms with Crippen LogP contribution in [-0.4, -0.2) is 29.4 Å². The van der Waals surface area contributed by atoms with E-state index in [1.54, 1.807) is 0 Å². The van der Waals surface area contributed by atoms with E-state index in [4.69, 9.17) is 5.11 Å². The van der Waals surface area contributed by atoms with Gasteiger partial charge in [0.2, 0.25) is 0 Å². The molecule has 0 aliphatic carbocycles. The summed E-state index contributed by atoms with van der Waals surface area (Å²) in [6, 6.07) is 3.17. The summed E-state index contributed by atoms with van der Waals surface area (Å²) in [5, 5.41) is 21.9. The van der Waals surface area contributed by atoms with Crippen LogP contribution in [0.1, 0.15) is 25.5 Å². The Balaban J connectivity index is 2.59. The van der Waals surface area contributed by atoms with Crippen LogP contribution in [-0.2, 0) is 0 Å². The highest BCUT2D eigenvalue weighted by atomic mass is 19.2. The van der Waals surface area contributed by atoms with Gasteiger partial charge in [0.05, 0.1) is 12.7 Å². The number of aliphatic hydroxyl groups excluding tert-OH is 2. The van der Waals surface area contributed by atoms with Crippen molar-refractivity contribution >= 4 is 0 Å². The highest BCUT2D eigenvalue weighted by Crippen LogP contribution is 2.16. The standard InChI is InChI=1S/C13H19F2NO2/c1-8(2)12(7-17)16-6-13(18)9-3-4-10(14)11(15)5-9/h3-5,8,12-13,16-18H,6-7H2,1-2H3. The zero-order valence-electron chi connectivity index (χ0n) is 10.5. The van der Waals surface area contributed by atoms with E-state index in [1.165, 1.54) is 6.07 Å². The Hall–Kier alpha value is -1.04. The molecular weight excluding hydrogens is 240 g/mol. The SMILES string of the molecule is CC(C)C(CO)NCC(O)c1ccc(F)c(F)c1. The lowest BCUT2D eigenvalue weighted by Gasteiger charge is -2.22. The third kappa shape index (κ3) is 4.01. The molecule has 0 aliphatic rings. The monoisotopic (exact) mass is 259 g/mol. The molecule has 18 heavy (non-hydrogen) atoms. The van der Waals surface area contributed by atoms with Crippen molar-refractivity contribution in [2.75, 3.05) is 13.2 Å². The van der Waals surface area contributed by atoms with E-state index in [9.17, 15) is 13.9 Å². The van der Waals surface area contributed by atoms with E-state index in [1.807, 2.05) is 13.8 Å². The Morgan fingerprint density at radius 1 is 1.22 bits per heavy atom. The van der Waals surface area contributed by atoms with E-state index < -0.39 is 17.7 Å². The molecule has 0 heterocycles. The second-order valence-corrected chi connectivity index (χ2v) is 4.63. The summed E-state index contributed by atoms with van der Waals surface area (Å²) in [6.07, 6.45) is -0.937. The average Bonchev–Trinajstić information content (AvgIpc) is 2.32. The Labute approximate surface area is 105 Å². The van der Waals surface area contributed by atoms with Crippen molar-refractivity contribution in [1.29, 1.82) is 0 Å². The maximum atomic E-state index is 13.0. The molecule has 2 atom stereocenters. The molecule has 2 unspecified atom stereocenters. The molecule has 0 saturated carbocycles. The van der Waals surface area contributed by atoms with E-state index >= 15 is 0 Å². The van der Waals surface area contributed by atoms with Gasteiger partial charge in [-0.05, 0) is 23.6 Å². The Kier molecular flexibility index (Phi) is 5.65. The summed E-state index contributed by atoms with van der Waals surface area (Å²) >= 11 is 0. The number of nitrogens with one attached hydrogen (secondary N) is 1. The fourth-order valence-corrected chi connectivity index (χ4v) is 1.61. The van der Waals surface area contributed by atoms with E-state index in [2.05, 4.69) is 5.32 Å². The van der Waals surface area contributed by atoms with Crippen molar-refractivity contribution in [2.45, 2.75) is 26.0 Å². The number of rotatable bonds is 6. The minimum absolute atomic E-state index is 0.0395. The molecule has 102 valence electrons. The molecule has 1 aromatic rings. The van der Waals surface area contributed by atoms with Gasteiger partial charge in [-0.25, -0.2) is 8.78 Å². The van der Waals surface area contributed by atoms with Gasteiger partial charge in [-0.1, -0.05) is 19.9 Å². The largest absolute Gasteiger partial charge is 0.395 e. The maximum Gasteiger partial charge on any atom is 0.159 e. The first kappa shape index (κ1) is 15.0.